The summed E-state index contributed by atoms with van der Waals surface area (Å²) in [6, 6.07) is 6.41. The molecule has 1 aromatic carbocycles. The first-order valence-electron chi connectivity index (χ1n) is 6.16. The Hall–Kier alpha value is -0.760. The molecule has 1 aliphatic heterocycles. The van der Waals surface area contributed by atoms with Crippen molar-refractivity contribution in [3.63, 3.8) is 0 Å². The van der Waals surface area contributed by atoms with Crippen LogP contribution in [-0.4, -0.2) is 11.0 Å². The van der Waals surface area contributed by atoms with Gasteiger partial charge < -0.3 is 0 Å². The summed E-state index contributed by atoms with van der Waals surface area (Å²) in [7, 11) is 0. The van der Waals surface area contributed by atoms with Crippen LogP contribution in [0.3, 0.4) is 0 Å². The molecule has 1 heterocycles. The van der Waals surface area contributed by atoms with Gasteiger partial charge in [0.25, 0.3) is 0 Å². The van der Waals surface area contributed by atoms with E-state index in [1.807, 2.05) is 11.8 Å². The molecule has 0 N–H and O–H groups in total. The Labute approximate surface area is 108 Å². The Bertz CT molecular complexity index is 443. The molecule has 0 amide bonds. The van der Waals surface area contributed by atoms with Crippen LogP contribution in [-0.2, 0) is 11.2 Å². The molecule has 17 heavy (non-hydrogen) atoms. The molecular formula is C15H20OS. The van der Waals surface area contributed by atoms with E-state index in [1.54, 1.807) is 0 Å². The van der Waals surface area contributed by atoms with Crippen molar-refractivity contribution in [2.75, 3.05) is 0 Å². The molecule has 2 rings (SSSR count). The van der Waals surface area contributed by atoms with Crippen molar-refractivity contribution in [1.82, 2.24) is 0 Å². The van der Waals surface area contributed by atoms with Crippen LogP contribution in [0, 0.1) is 0 Å². The topological polar surface area (TPSA) is 17.1 Å². The van der Waals surface area contributed by atoms with Crippen molar-refractivity contribution in [2.45, 2.75) is 50.5 Å². The van der Waals surface area contributed by atoms with E-state index in [9.17, 15) is 4.79 Å². The lowest BCUT2D eigenvalue weighted by Gasteiger charge is -2.20. The van der Waals surface area contributed by atoms with Gasteiger partial charge in [-0.25, -0.2) is 0 Å². The fourth-order valence-electron chi connectivity index (χ4n) is 2.09. The Balaban J connectivity index is 2.45. The van der Waals surface area contributed by atoms with Crippen molar-refractivity contribution in [2.24, 2.45) is 0 Å². The van der Waals surface area contributed by atoms with Crippen molar-refractivity contribution >= 4 is 17.5 Å². The van der Waals surface area contributed by atoms with Gasteiger partial charge in [0.1, 0.15) is 0 Å². The van der Waals surface area contributed by atoms with Crippen LogP contribution in [0.2, 0.25) is 0 Å². The third-order valence-corrected chi connectivity index (χ3v) is 4.49. The lowest BCUT2D eigenvalue weighted by atomic mass is 9.84. The van der Waals surface area contributed by atoms with Gasteiger partial charge in [0.05, 0.1) is 0 Å². The average molecular weight is 248 g/mol. The fourth-order valence-corrected chi connectivity index (χ4v) is 3.08. The van der Waals surface area contributed by atoms with Gasteiger partial charge in [-0.2, -0.15) is 11.8 Å². The first-order valence-corrected chi connectivity index (χ1v) is 7.21. The number of fused-ring (bicyclic) bond motifs is 1. The maximum Gasteiger partial charge on any atom is 0.164 e. The number of thioether (sulfide) groups is 1. The molecule has 2 heteroatoms. The molecule has 92 valence electrons. The molecule has 0 saturated carbocycles. The van der Waals surface area contributed by atoms with Gasteiger partial charge >= 0.3 is 0 Å². The molecule has 0 aliphatic carbocycles. The first-order chi connectivity index (χ1) is 7.88. The summed E-state index contributed by atoms with van der Waals surface area (Å²) >= 11 is 1.88. The normalized spacial score (nSPS) is 20.9. The maximum atomic E-state index is 12.2. The van der Waals surface area contributed by atoms with E-state index < -0.39 is 0 Å². The first kappa shape index (κ1) is 12.7. The van der Waals surface area contributed by atoms with E-state index in [4.69, 9.17) is 0 Å². The summed E-state index contributed by atoms with van der Waals surface area (Å²) in [4.78, 5) is 12.2. The summed E-state index contributed by atoms with van der Waals surface area (Å²) in [6.07, 6.45) is 0.672. The zero-order chi connectivity index (χ0) is 12.6. The number of carbonyl (C=O) groups excluding carboxylic acids is 1. The van der Waals surface area contributed by atoms with Crippen LogP contribution in [0.5, 0.6) is 0 Å². The summed E-state index contributed by atoms with van der Waals surface area (Å²) < 4.78 is 0. The molecule has 1 aliphatic rings. The van der Waals surface area contributed by atoms with E-state index in [0.29, 0.717) is 17.5 Å². The third-order valence-electron chi connectivity index (χ3n) is 3.27. The molecule has 0 radical (unpaired) electrons. The fraction of sp³-hybridized carbons (Fsp3) is 0.533. The van der Waals surface area contributed by atoms with Crippen LogP contribution in [0.25, 0.3) is 0 Å². The van der Waals surface area contributed by atoms with Gasteiger partial charge in [-0.05, 0) is 22.6 Å². The maximum absolute atomic E-state index is 12.2. The average Bonchev–Trinajstić information content (AvgIpc) is 2.37. The number of hydrogen-bond acceptors (Lipinski definition) is 2. The molecular weight excluding hydrogens is 228 g/mol. The van der Waals surface area contributed by atoms with E-state index in [-0.39, 0.29) is 5.41 Å². The van der Waals surface area contributed by atoms with E-state index in [2.05, 4.69) is 45.9 Å². The number of Topliss-reactive ketones (excluding diaryl/α,β-unsaturated/α-hetero) is 1. The van der Waals surface area contributed by atoms with Crippen molar-refractivity contribution in [1.29, 1.82) is 0 Å². The van der Waals surface area contributed by atoms with Gasteiger partial charge in [-0.1, -0.05) is 39.8 Å². The Kier molecular flexibility index (Phi) is 3.35. The predicted octanol–water partition coefficient (Wildman–Crippen LogP) is 4.19. The highest BCUT2D eigenvalue weighted by molar-refractivity contribution is 7.99. The number of rotatable bonds is 0. The molecule has 1 unspecified atom stereocenters. The smallest absolute Gasteiger partial charge is 0.164 e. The van der Waals surface area contributed by atoms with Crippen molar-refractivity contribution in [3.8, 4) is 0 Å². The van der Waals surface area contributed by atoms with Crippen molar-refractivity contribution < 1.29 is 4.79 Å². The highest BCUT2D eigenvalue weighted by Gasteiger charge is 2.22. The third kappa shape index (κ3) is 2.74. The summed E-state index contributed by atoms with van der Waals surface area (Å²) in [6.45, 7) is 8.70. The number of hydrogen-bond donors (Lipinski definition) is 0. The predicted molar refractivity (Wildman–Crippen MR) is 74.8 cm³/mol. The summed E-state index contributed by atoms with van der Waals surface area (Å²) in [5.74, 6) is 1.27. The lowest BCUT2D eigenvalue weighted by molar-refractivity contribution is 0.0983. The number of carbonyl (C=O) groups is 1. The Morgan fingerprint density at radius 2 is 2.00 bits per heavy atom. The van der Waals surface area contributed by atoms with Gasteiger partial charge in [-0.3, -0.25) is 4.79 Å². The van der Waals surface area contributed by atoms with E-state index >= 15 is 0 Å². The quantitative estimate of drug-likeness (QED) is 0.684. The minimum atomic E-state index is 0.111. The molecule has 1 nitrogen and oxygen atoms in total. The highest BCUT2D eigenvalue weighted by atomic mass is 32.2. The minimum Gasteiger partial charge on any atom is -0.294 e. The molecule has 0 fully saturated rings. The minimum absolute atomic E-state index is 0.111. The number of ketones is 1. The molecule has 0 bridgehead atoms. The molecule has 1 atom stereocenters. The second kappa shape index (κ2) is 4.49. The molecule has 0 saturated heterocycles. The standard InChI is InChI=1S/C15H20OS/c1-10-7-14(16)13-8-12(15(2,3)4)6-5-11(13)9-17-10/h5-6,8,10H,7,9H2,1-4H3. The Morgan fingerprint density at radius 3 is 2.65 bits per heavy atom. The molecule has 0 spiro atoms. The second-order valence-electron chi connectivity index (χ2n) is 5.87. The highest BCUT2D eigenvalue weighted by Crippen LogP contribution is 2.32. The van der Waals surface area contributed by atoms with Gasteiger partial charge in [0.2, 0.25) is 0 Å². The van der Waals surface area contributed by atoms with Crippen LogP contribution in [0.4, 0.5) is 0 Å². The Morgan fingerprint density at radius 1 is 1.29 bits per heavy atom. The largest absolute Gasteiger partial charge is 0.294 e. The zero-order valence-corrected chi connectivity index (χ0v) is 11.9. The van der Waals surface area contributed by atoms with Crippen LogP contribution < -0.4 is 0 Å². The monoisotopic (exact) mass is 248 g/mol. The molecule has 0 aromatic heterocycles. The van der Waals surface area contributed by atoms with E-state index in [1.165, 1.54) is 11.1 Å². The van der Waals surface area contributed by atoms with Gasteiger partial charge in [0.15, 0.2) is 5.78 Å². The second-order valence-corrected chi connectivity index (χ2v) is 7.30. The van der Waals surface area contributed by atoms with Crippen LogP contribution >= 0.6 is 11.8 Å². The summed E-state index contributed by atoms with van der Waals surface area (Å²) in [5, 5.41) is 0.438. The van der Waals surface area contributed by atoms with Crippen molar-refractivity contribution in [3.05, 3.63) is 34.9 Å². The lowest BCUT2D eigenvalue weighted by Crippen LogP contribution is -2.13. The number of benzene rings is 1. The van der Waals surface area contributed by atoms with Crippen LogP contribution in [0.1, 0.15) is 55.6 Å². The van der Waals surface area contributed by atoms with Gasteiger partial charge in [0, 0.05) is 23.0 Å². The summed E-state index contributed by atoms with van der Waals surface area (Å²) in [5.41, 5.74) is 3.52. The van der Waals surface area contributed by atoms with E-state index in [0.717, 1.165) is 11.3 Å². The zero-order valence-electron chi connectivity index (χ0n) is 11.0. The SMILES string of the molecule is CC1CC(=O)c2cc(C(C)(C)C)ccc2CS1. The van der Waals surface area contributed by atoms with Crippen LogP contribution in [0.15, 0.2) is 18.2 Å². The van der Waals surface area contributed by atoms with Gasteiger partial charge in [-0.15, -0.1) is 0 Å². The molecule has 1 aromatic rings.